The van der Waals surface area contributed by atoms with E-state index in [0.717, 1.165) is 26.9 Å². The van der Waals surface area contributed by atoms with Gasteiger partial charge < -0.3 is 42.6 Å². The van der Waals surface area contributed by atoms with Gasteiger partial charge in [0.15, 0.2) is 23.0 Å². The lowest BCUT2D eigenvalue weighted by atomic mass is 10.1. The molecule has 74 heavy (non-hydrogen) atoms. The number of aromatic nitrogens is 6. The molecule has 9 N–H and O–H groups in total. The van der Waals surface area contributed by atoms with Crippen molar-refractivity contribution < 1.29 is 43.3 Å². The molecule has 0 radical (unpaired) electrons. The number of primary amides is 1. The van der Waals surface area contributed by atoms with E-state index < -0.39 is 47.3 Å². The Hall–Kier alpha value is -8.82. The monoisotopic (exact) mass is 1010 g/mol. The normalized spacial score (nSPS) is 15.5. The Kier molecular flexibility index (Phi) is 15.4. The first kappa shape index (κ1) is 53.0. The molecule has 22 nitrogen and oxygen atoms in total. The van der Waals surface area contributed by atoms with Crippen molar-refractivity contribution in [3.05, 3.63) is 130 Å². The van der Waals surface area contributed by atoms with Crippen molar-refractivity contribution in [2.45, 2.75) is 104 Å². The highest BCUT2D eigenvalue weighted by Gasteiger charge is 2.39. The number of carbonyl (C=O) groups excluding carboxylic acids is 5. The fourth-order valence-corrected chi connectivity index (χ4v) is 8.38. The van der Waals surface area contributed by atoms with E-state index in [2.05, 4.69) is 30.6 Å². The highest BCUT2D eigenvalue weighted by Crippen LogP contribution is 2.37. The van der Waals surface area contributed by atoms with E-state index in [4.69, 9.17) is 26.9 Å². The molecule has 5 amide bonds. The molecule has 2 saturated heterocycles. The summed E-state index contributed by atoms with van der Waals surface area (Å²) in [6.07, 6.45) is 4.95. The number of benzene rings is 2. The topological polar surface area (TPSA) is 311 Å². The number of carbonyl (C=O) groups is 6. The van der Waals surface area contributed by atoms with Crippen molar-refractivity contribution in [3.63, 3.8) is 0 Å². The summed E-state index contributed by atoms with van der Waals surface area (Å²) in [6.45, 7) is 15.5. The van der Waals surface area contributed by atoms with E-state index in [9.17, 15) is 33.9 Å². The smallest absolute Gasteiger partial charge is 0.410 e. The van der Waals surface area contributed by atoms with Crippen LogP contribution in [0.25, 0.3) is 22.5 Å². The largest absolute Gasteiger partial charge is 0.476 e. The van der Waals surface area contributed by atoms with E-state index in [0.29, 0.717) is 72.1 Å². The number of carboxylic acid groups (broad SMARTS) is 1. The number of anilines is 2. The second-order valence-corrected chi connectivity index (χ2v) is 19.9. The molecule has 2 aliphatic rings. The van der Waals surface area contributed by atoms with Crippen LogP contribution in [0.1, 0.15) is 144 Å². The maximum Gasteiger partial charge on any atom is 0.410 e. The van der Waals surface area contributed by atoms with Gasteiger partial charge in [0.05, 0.1) is 12.1 Å². The summed E-state index contributed by atoms with van der Waals surface area (Å²) in [5, 5.41) is 15.4. The Bertz CT molecular complexity index is 2860. The molecule has 388 valence electrons. The molecular weight excluding hydrogens is 951 g/mol. The van der Waals surface area contributed by atoms with E-state index in [-0.39, 0.29) is 40.4 Å². The van der Waals surface area contributed by atoms with Crippen LogP contribution in [0.4, 0.5) is 21.2 Å². The number of nitrogen functional groups attached to an aromatic ring is 2. The van der Waals surface area contributed by atoms with Crippen LogP contribution in [0.15, 0.2) is 85.2 Å². The third kappa shape index (κ3) is 12.3. The van der Waals surface area contributed by atoms with E-state index in [1.54, 1.807) is 119 Å². The quantitative estimate of drug-likeness (QED) is 0.0729. The lowest BCUT2D eigenvalue weighted by Gasteiger charge is -2.28. The van der Waals surface area contributed by atoms with Crippen molar-refractivity contribution in [2.75, 3.05) is 35.4 Å². The van der Waals surface area contributed by atoms with Gasteiger partial charge in [-0.3, -0.25) is 24.2 Å². The number of aromatic carboxylic acids is 1. The first-order chi connectivity index (χ1) is 34.9. The van der Waals surface area contributed by atoms with E-state index in [1.807, 2.05) is 26.0 Å². The first-order valence-corrected chi connectivity index (χ1v) is 23.9. The number of nitrogens with zero attached hydrogens (tertiary/aromatic N) is 8. The molecule has 0 unspecified atom stereocenters. The van der Waals surface area contributed by atoms with Crippen LogP contribution in [-0.2, 0) is 9.47 Å². The van der Waals surface area contributed by atoms with Crippen molar-refractivity contribution >= 4 is 47.5 Å². The van der Waals surface area contributed by atoms with Crippen molar-refractivity contribution in [1.29, 1.82) is 0 Å². The molecule has 2 atom stereocenters. The summed E-state index contributed by atoms with van der Waals surface area (Å²) in [5.74, 6) is 11.2. The molecule has 22 heteroatoms. The second-order valence-electron chi connectivity index (χ2n) is 19.9. The number of hydrogen-bond donors (Lipinski definition) is 6. The summed E-state index contributed by atoms with van der Waals surface area (Å²) in [4.78, 5) is 95.9. The number of nitrogens with two attached hydrogens (primary N) is 3. The number of hydrogen-bond acceptors (Lipinski definition) is 14. The zero-order chi connectivity index (χ0) is 53.8. The van der Waals surface area contributed by atoms with Crippen LogP contribution in [-0.4, -0.2) is 104 Å². The van der Waals surface area contributed by atoms with Crippen molar-refractivity contribution in [1.82, 2.24) is 39.1 Å². The Morgan fingerprint density at radius 3 is 1.31 bits per heavy atom. The summed E-state index contributed by atoms with van der Waals surface area (Å²) >= 11 is 0. The third-order valence-electron chi connectivity index (χ3n) is 11.8. The average Bonchev–Trinajstić information content (AvgIpc) is 4.15. The number of pyridine rings is 2. The Labute approximate surface area is 427 Å². The van der Waals surface area contributed by atoms with Crippen LogP contribution in [0.2, 0.25) is 0 Å². The molecule has 0 spiro atoms. The maximum atomic E-state index is 12.8. The molecule has 0 aliphatic carbocycles. The van der Waals surface area contributed by atoms with E-state index >= 15 is 0 Å². The first-order valence-electron chi connectivity index (χ1n) is 23.9. The van der Waals surface area contributed by atoms with Crippen LogP contribution in [0.3, 0.4) is 0 Å². The lowest BCUT2D eigenvalue weighted by molar-refractivity contribution is 0.0206. The van der Waals surface area contributed by atoms with E-state index in [1.165, 1.54) is 4.90 Å². The van der Waals surface area contributed by atoms with Gasteiger partial charge in [-0.1, -0.05) is 36.4 Å². The molecule has 6 aromatic rings. The molecule has 0 bridgehead atoms. The zero-order valence-electron chi connectivity index (χ0n) is 42.5. The number of ether oxygens (including phenoxy) is 2. The minimum Gasteiger partial charge on any atom is -0.476 e. The zero-order valence-corrected chi connectivity index (χ0v) is 42.5. The van der Waals surface area contributed by atoms with Gasteiger partial charge in [0.25, 0.3) is 17.7 Å². The van der Waals surface area contributed by atoms with Crippen LogP contribution >= 0.6 is 0 Å². The maximum absolute atomic E-state index is 12.8. The van der Waals surface area contributed by atoms with Gasteiger partial charge >= 0.3 is 18.2 Å². The van der Waals surface area contributed by atoms with Crippen LogP contribution in [0, 0.1) is 13.8 Å². The minimum absolute atomic E-state index is 0.00657. The number of aryl methyl sites for hydroxylation is 2. The van der Waals surface area contributed by atoms with Crippen LogP contribution in [0.5, 0.6) is 0 Å². The fraction of sp³-hybridized carbons (Fsp3) is 0.346. The molecule has 0 saturated carbocycles. The number of nitrogens with one attached hydrogen (secondary N) is 2. The summed E-state index contributed by atoms with van der Waals surface area (Å²) in [5.41, 5.74) is 8.27. The summed E-state index contributed by atoms with van der Waals surface area (Å²) < 4.78 is 13.2. The van der Waals surface area contributed by atoms with Crippen LogP contribution < -0.4 is 28.1 Å². The standard InChI is InChI=1S/C26H31N7O4.C26H30N6O5/c1-15-7-12-19(29-14-15)30-24(35)17-10-8-16(9-11-17)20-21(22(27)34)33(28)23(31-20)18-6-5-13-32(18)25(36)37-26(2,3)4;1-15-7-12-19(28-14-15)29-23(33)17-10-8-16(9-11-17)20-21(24(34)35)32(27)22(30-20)18-6-5-13-31(18)25(36)37-26(2,3)4/h7-12,14,18H,5-6,13,28H2,1-4H3,(H2,27,34)(H,29,30,35);7-12,14,18H,5-6,13,27H2,1-4H3,(H,34,35)(H,28,29,33)/t2*18-/m00/s1. The molecule has 4 aromatic heterocycles. The highest BCUT2D eigenvalue weighted by atomic mass is 16.6. The average molecular weight is 1010 g/mol. The predicted molar refractivity (Wildman–Crippen MR) is 275 cm³/mol. The Morgan fingerprint density at radius 2 is 0.973 bits per heavy atom. The third-order valence-corrected chi connectivity index (χ3v) is 11.8. The Balaban J connectivity index is 0.000000216. The molecule has 2 aliphatic heterocycles. The van der Waals surface area contributed by atoms with Gasteiger partial charge in [0.2, 0.25) is 0 Å². The SMILES string of the molecule is Cc1ccc(NC(=O)c2ccc(-c3nc([C@@H]4CCCN4C(=O)OC(C)(C)C)n(N)c3C(=O)O)cc2)nc1.Cc1ccc(NC(=O)c2ccc(-c3nc([C@@H]4CCCN4C(=O)OC(C)(C)C)n(N)c3C(N)=O)cc2)nc1. The molecular formula is C52H61N13O9. The van der Waals surface area contributed by atoms with Crippen molar-refractivity contribution in [2.24, 2.45) is 5.73 Å². The van der Waals surface area contributed by atoms with Gasteiger partial charge in [-0.25, -0.2) is 43.7 Å². The summed E-state index contributed by atoms with van der Waals surface area (Å²) in [6, 6.07) is 19.0. The van der Waals surface area contributed by atoms with Gasteiger partial charge in [0.1, 0.15) is 34.2 Å². The number of likely N-dealkylation sites (tertiary alicyclic amines) is 2. The number of carboxylic acids is 1. The molecule has 2 aromatic carbocycles. The highest BCUT2D eigenvalue weighted by molar-refractivity contribution is 6.05. The van der Waals surface area contributed by atoms with Gasteiger partial charge in [-0.2, -0.15) is 0 Å². The minimum atomic E-state index is -1.26. The van der Waals surface area contributed by atoms with Gasteiger partial charge in [-0.15, -0.1) is 0 Å². The number of imidazole rings is 2. The molecule has 8 rings (SSSR count). The lowest BCUT2D eigenvalue weighted by Crippen LogP contribution is -2.38. The van der Waals surface area contributed by atoms with Gasteiger partial charge in [0, 0.05) is 47.7 Å². The van der Waals surface area contributed by atoms with Crippen molar-refractivity contribution in [3.8, 4) is 22.5 Å². The molecule has 6 heterocycles. The second kappa shape index (κ2) is 21.5. The number of amides is 5. The Morgan fingerprint density at radius 1 is 0.595 bits per heavy atom. The fourth-order valence-electron chi connectivity index (χ4n) is 8.38. The van der Waals surface area contributed by atoms with Gasteiger partial charge in [-0.05, 0) is 129 Å². The number of rotatable bonds is 10. The summed E-state index contributed by atoms with van der Waals surface area (Å²) in [7, 11) is 0. The predicted octanol–water partition coefficient (Wildman–Crippen LogP) is 7.38. The molecule has 2 fully saturated rings.